The van der Waals surface area contributed by atoms with Gasteiger partial charge in [-0.05, 0) is 107 Å². The van der Waals surface area contributed by atoms with E-state index in [0.717, 1.165) is 0 Å². The Morgan fingerprint density at radius 3 is 2.28 bits per heavy atom. The molecule has 1 aromatic carbocycles. The molecule has 23 heteroatoms. The number of aliphatic hydroxyl groups excluding tert-OH is 3. The number of aliphatic hydroxyl groups is 5. The van der Waals surface area contributed by atoms with Crippen LogP contribution in [0.2, 0.25) is 0 Å². The van der Waals surface area contributed by atoms with Gasteiger partial charge in [0.1, 0.15) is 48.0 Å². The van der Waals surface area contributed by atoms with Crippen LogP contribution in [0, 0.1) is 23.6 Å². The van der Waals surface area contributed by atoms with Gasteiger partial charge < -0.3 is 73.2 Å². The number of nitrogens with zero attached hydrogens (tertiary/aromatic N) is 6. The Bertz CT molecular complexity index is 2260. The number of anilines is 1. The second-order valence-electron chi connectivity index (χ2n) is 22.7. The van der Waals surface area contributed by atoms with Crippen LogP contribution in [0.4, 0.5) is 14.9 Å². The molecule has 20 atom stereocenters. The van der Waals surface area contributed by atoms with Crippen molar-refractivity contribution in [2.75, 3.05) is 46.2 Å². The number of rotatable bonds is 14. The molecule has 0 unspecified atom stereocenters. The van der Waals surface area contributed by atoms with Gasteiger partial charge in [0.2, 0.25) is 0 Å². The third-order valence-corrected chi connectivity index (χ3v) is 16.1. The standard InChI is InChI=1S/C53H85FN6O16/c1-15-38-53(10,68)45(63)31(5)58(13)24-28(2)22-51(8,67)47(29(3)43(30(4)48(65)73-38)75-40-23-52(9,69-14)46(64)33(7)70-40)76-49-42(62)41(57(11)12)44(32(6)71-49)74-39(61)20-19-35-25-59(56-55-35)26-37-27-60(50(66)72-37)36-18-16-17-34(54)21-36/h16-18,21,25,28-33,37-38,40-47,49,62-64,67-68H,15,19-20,22-24,26-27H2,1-14H3/t28-,29+,30-,31-,32-,33+,37+,38-,40+,41-,42-,43+,44-,45-,46+,47-,49+,51-,52-,53-/m1/s1. The Balaban J connectivity index is 1.22. The number of cyclic esters (lactones) is 2. The zero-order valence-corrected chi connectivity index (χ0v) is 46.6. The summed E-state index contributed by atoms with van der Waals surface area (Å²) in [7, 11) is 6.70. The van der Waals surface area contributed by atoms with E-state index in [1.807, 2.05) is 11.8 Å². The van der Waals surface area contributed by atoms with Crippen molar-refractivity contribution in [3.05, 3.63) is 42.0 Å². The molecule has 5 heterocycles. The normalized spacial score (nSPS) is 40.5. The van der Waals surface area contributed by atoms with Gasteiger partial charge in [-0.15, -0.1) is 5.10 Å². The van der Waals surface area contributed by atoms with Gasteiger partial charge in [-0.2, -0.15) is 0 Å². The Morgan fingerprint density at radius 1 is 0.934 bits per heavy atom. The highest BCUT2D eigenvalue weighted by Gasteiger charge is 2.54. The summed E-state index contributed by atoms with van der Waals surface area (Å²) < 4.78 is 65.0. The number of amides is 1. The number of benzene rings is 1. The molecule has 4 aliphatic rings. The summed E-state index contributed by atoms with van der Waals surface area (Å²) in [5.74, 6) is -4.17. The highest BCUT2D eigenvalue weighted by molar-refractivity contribution is 5.89. The quantitative estimate of drug-likeness (QED) is 0.135. The smallest absolute Gasteiger partial charge is 0.414 e. The number of hydrogen-bond donors (Lipinski definition) is 5. The molecule has 6 rings (SSSR count). The lowest BCUT2D eigenvalue weighted by Crippen LogP contribution is -2.65. The van der Waals surface area contributed by atoms with E-state index < -0.39 is 138 Å². The van der Waals surface area contributed by atoms with Gasteiger partial charge in [0.25, 0.3) is 0 Å². The minimum absolute atomic E-state index is 0.0484. The van der Waals surface area contributed by atoms with E-state index in [0.29, 0.717) is 17.9 Å². The van der Waals surface area contributed by atoms with E-state index in [4.69, 9.17) is 37.9 Å². The Kier molecular flexibility index (Phi) is 20.1. The minimum atomic E-state index is -1.88. The van der Waals surface area contributed by atoms with Gasteiger partial charge in [-0.25, -0.2) is 13.9 Å². The average Bonchev–Trinajstić information content (AvgIpc) is 3.97. The minimum Gasteiger partial charge on any atom is -0.459 e. The van der Waals surface area contributed by atoms with E-state index in [-0.39, 0.29) is 51.1 Å². The summed E-state index contributed by atoms with van der Waals surface area (Å²) in [6.45, 7) is 17.6. The van der Waals surface area contributed by atoms with Crippen molar-refractivity contribution in [3.8, 4) is 0 Å². The largest absolute Gasteiger partial charge is 0.459 e. The van der Waals surface area contributed by atoms with Gasteiger partial charge in [0, 0.05) is 44.7 Å². The van der Waals surface area contributed by atoms with E-state index in [1.165, 1.54) is 41.8 Å². The average molecular weight is 1080 g/mol. The molecule has 4 aliphatic heterocycles. The van der Waals surface area contributed by atoms with Crippen molar-refractivity contribution in [1.29, 1.82) is 0 Å². The predicted molar refractivity (Wildman–Crippen MR) is 272 cm³/mol. The van der Waals surface area contributed by atoms with E-state index in [2.05, 4.69) is 10.3 Å². The van der Waals surface area contributed by atoms with Crippen molar-refractivity contribution in [2.45, 2.75) is 210 Å². The van der Waals surface area contributed by atoms with Crippen molar-refractivity contribution >= 4 is 23.7 Å². The molecule has 4 fully saturated rings. The van der Waals surface area contributed by atoms with Crippen molar-refractivity contribution < 1.29 is 82.2 Å². The van der Waals surface area contributed by atoms with Crippen LogP contribution in [0.3, 0.4) is 0 Å². The summed E-state index contributed by atoms with van der Waals surface area (Å²) in [6, 6.07) is 4.14. The monoisotopic (exact) mass is 1080 g/mol. The summed E-state index contributed by atoms with van der Waals surface area (Å²) in [5, 5.41) is 68.1. The molecule has 5 N–H and O–H groups in total. The second-order valence-corrected chi connectivity index (χ2v) is 22.7. The van der Waals surface area contributed by atoms with E-state index in [1.54, 1.807) is 93.7 Å². The fraction of sp³-hybridized carbons (Fsp3) is 0.792. The SMILES string of the molecule is CC[C@H]1OC(=O)[C@H](C)[C@@H](O[C@H]2C[C@@](C)(OC)[C@@H](O)[C@H](C)O2)[C@H](C)[C@@H](O[C@@H]2O[C@H](C)[C@@H](OC(=O)CCc3cn(C[C@H]4CN(c5cccc(F)c5)C(=O)O4)nn3)[C@H](N(C)C)[C@H]2O)[C@](C)(O)C[C@@H](C)CN(C)[C@H](C)[C@@H](O)[C@]1(C)O. The maximum Gasteiger partial charge on any atom is 0.414 e. The van der Waals surface area contributed by atoms with Crippen LogP contribution >= 0.6 is 0 Å². The highest BCUT2D eigenvalue weighted by Crippen LogP contribution is 2.41. The zero-order valence-electron chi connectivity index (χ0n) is 46.6. The molecule has 2 aromatic rings. The predicted octanol–water partition coefficient (Wildman–Crippen LogP) is 2.81. The number of methoxy groups -OCH3 is 1. The first-order valence-electron chi connectivity index (χ1n) is 26.6. The summed E-state index contributed by atoms with van der Waals surface area (Å²) >= 11 is 0. The van der Waals surface area contributed by atoms with E-state index in [9.17, 15) is 44.3 Å². The summed E-state index contributed by atoms with van der Waals surface area (Å²) in [6.07, 6.45) is -11.7. The Morgan fingerprint density at radius 2 is 1.63 bits per heavy atom. The number of hydrogen-bond acceptors (Lipinski definition) is 20. The van der Waals surface area contributed by atoms with Crippen molar-refractivity contribution in [3.63, 3.8) is 0 Å². The van der Waals surface area contributed by atoms with Crippen molar-refractivity contribution in [2.24, 2.45) is 17.8 Å². The summed E-state index contributed by atoms with van der Waals surface area (Å²) in [5.41, 5.74) is -3.89. The number of esters is 2. The van der Waals surface area contributed by atoms with Crippen LogP contribution in [-0.4, -0.2) is 212 Å². The topological polar surface area (TPSA) is 267 Å². The number of carbonyl (C=O) groups is 3. The molecule has 0 aliphatic carbocycles. The number of likely N-dealkylation sites (N-methyl/N-ethyl adjacent to an activating group) is 2. The molecule has 0 spiro atoms. The molecule has 0 saturated carbocycles. The molecule has 430 valence electrons. The number of aromatic nitrogens is 3. The van der Waals surface area contributed by atoms with Crippen molar-refractivity contribution in [1.82, 2.24) is 24.8 Å². The van der Waals surface area contributed by atoms with Crippen LogP contribution in [0.15, 0.2) is 30.5 Å². The lowest BCUT2D eigenvalue weighted by molar-refractivity contribution is -0.327. The second kappa shape index (κ2) is 25.0. The van der Waals surface area contributed by atoms with Gasteiger partial charge >= 0.3 is 18.0 Å². The molecule has 22 nitrogen and oxygen atoms in total. The molecular weight excluding hydrogens is 996 g/mol. The molecule has 0 radical (unpaired) electrons. The van der Waals surface area contributed by atoms with Gasteiger partial charge in [-0.1, -0.05) is 32.1 Å². The Hall–Kier alpha value is -3.98. The fourth-order valence-corrected chi connectivity index (χ4v) is 11.6. The van der Waals surface area contributed by atoms with Crippen LogP contribution in [-0.2, 0) is 60.4 Å². The zero-order chi connectivity index (χ0) is 56.4. The first-order valence-corrected chi connectivity index (χ1v) is 26.6. The third-order valence-electron chi connectivity index (χ3n) is 16.1. The maximum atomic E-state index is 14.5. The maximum absolute atomic E-state index is 14.5. The summed E-state index contributed by atoms with van der Waals surface area (Å²) in [4.78, 5) is 45.6. The third kappa shape index (κ3) is 13.9. The van der Waals surface area contributed by atoms with Crippen LogP contribution in [0.5, 0.6) is 0 Å². The Labute approximate surface area is 445 Å². The molecule has 1 aromatic heterocycles. The number of halogens is 1. The molecule has 1 amide bonds. The lowest BCUT2D eigenvalue weighted by Gasteiger charge is -2.50. The van der Waals surface area contributed by atoms with Gasteiger partial charge in [0.15, 0.2) is 12.6 Å². The first kappa shape index (κ1) is 61.2. The number of carbonyl (C=O) groups excluding carboxylic acids is 3. The van der Waals surface area contributed by atoms with Gasteiger partial charge in [0.05, 0.1) is 78.5 Å². The fourth-order valence-electron chi connectivity index (χ4n) is 11.6. The number of aryl methyl sites for hydroxylation is 1. The number of ether oxygens (including phenoxy) is 8. The lowest BCUT2D eigenvalue weighted by atomic mass is 9.77. The molecule has 76 heavy (non-hydrogen) atoms. The molecular formula is C53H85FN6O16. The van der Waals surface area contributed by atoms with Crippen LogP contribution in [0.1, 0.15) is 101 Å². The molecule has 0 bridgehead atoms. The van der Waals surface area contributed by atoms with Crippen LogP contribution in [0.25, 0.3) is 0 Å². The molecule has 4 saturated heterocycles. The first-order chi connectivity index (χ1) is 35.5. The van der Waals surface area contributed by atoms with Crippen LogP contribution < -0.4 is 4.90 Å². The van der Waals surface area contributed by atoms with E-state index >= 15 is 0 Å². The van der Waals surface area contributed by atoms with Gasteiger partial charge in [-0.3, -0.25) is 14.5 Å². The highest BCUT2D eigenvalue weighted by atomic mass is 19.1.